The van der Waals surface area contributed by atoms with Crippen molar-refractivity contribution in [2.45, 2.75) is 19.9 Å². The molecule has 0 saturated carbocycles. The number of hydrogen-bond acceptors (Lipinski definition) is 3. The molecule has 0 aliphatic carbocycles. The first kappa shape index (κ1) is 14.9. The molecular weight excluding hydrogens is 323 g/mol. The molecule has 1 aromatic carbocycles. The van der Waals surface area contributed by atoms with Crippen LogP contribution < -0.4 is 10.1 Å². The Bertz CT molecular complexity index is 575. The van der Waals surface area contributed by atoms with Gasteiger partial charge >= 0.3 is 0 Å². The number of nitrogens with zero attached hydrogens (tertiary/aromatic N) is 1. The average molecular weight is 339 g/mol. The predicted octanol–water partition coefficient (Wildman–Crippen LogP) is 4.45. The minimum atomic E-state index is -0.361. The van der Waals surface area contributed by atoms with Crippen LogP contribution in [0.2, 0.25) is 0 Å². The van der Waals surface area contributed by atoms with Crippen molar-refractivity contribution >= 4 is 15.9 Å². The first-order valence-corrected chi connectivity index (χ1v) is 7.21. The van der Waals surface area contributed by atoms with Gasteiger partial charge in [-0.25, -0.2) is 9.37 Å². The SMILES string of the molecule is CCNC(C)c1ccc(Oc2ccc(Br)c(F)c2)nc1. The summed E-state index contributed by atoms with van der Waals surface area (Å²) in [6.07, 6.45) is 1.76. The molecule has 2 aromatic rings. The standard InChI is InChI=1S/C15H16BrFN2O/c1-3-18-10(2)11-4-7-15(19-9-11)20-12-5-6-13(16)14(17)8-12/h4-10,18H,3H2,1-2H3. The van der Waals surface area contributed by atoms with Gasteiger partial charge in [0.15, 0.2) is 0 Å². The molecule has 0 spiro atoms. The van der Waals surface area contributed by atoms with Gasteiger partial charge in [-0.2, -0.15) is 0 Å². The van der Waals surface area contributed by atoms with E-state index in [1.54, 1.807) is 24.4 Å². The smallest absolute Gasteiger partial charge is 0.219 e. The average Bonchev–Trinajstić information content (AvgIpc) is 2.44. The second-order valence-electron chi connectivity index (χ2n) is 4.39. The summed E-state index contributed by atoms with van der Waals surface area (Å²) in [7, 11) is 0. The van der Waals surface area contributed by atoms with Gasteiger partial charge in [-0.3, -0.25) is 0 Å². The molecule has 20 heavy (non-hydrogen) atoms. The summed E-state index contributed by atoms with van der Waals surface area (Å²) in [4.78, 5) is 4.23. The van der Waals surface area contributed by atoms with Gasteiger partial charge in [0.25, 0.3) is 0 Å². The second-order valence-corrected chi connectivity index (χ2v) is 5.24. The minimum Gasteiger partial charge on any atom is -0.439 e. The fourth-order valence-electron chi connectivity index (χ4n) is 1.79. The molecule has 106 valence electrons. The van der Waals surface area contributed by atoms with Crippen molar-refractivity contribution in [3.63, 3.8) is 0 Å². The highest BCUT2D eigenvalue weighted by atomic mass is 79.9. The van der Waals surface area contributed by atoms with Gasteiger partial charge in [-0.15, -0.1) is 0 Å². The Hall–Kier alpha value is -1.46. The van der Waals surface area contributed by atoms with Gasteiger partial charge in [0.05, 0.1) is 4.47 Å². The van der Waals surface area contributed by atoms with Crippen LogP contribution in [0.25, 0.3) is 0 Å². The van der Waals surface area contributed by atoms with Crippen LogP contribution in [0.4, 0.5) is 4.39 Å². The van der Waals surface area contributed by atoms with E-state index in [0.717, 1.165) is 12.1 Å². The van der Waals surface area contributed by atoms with Crippen molar-refractivity contribution in [1.29, 1.82) is 0 Å². The van der Waals surface area contributed by atoms with E-state index >= 15 is 0 Å². The third-order valence-electron chi connectivity index (χ3n) is 2.88. The molecular formula is C15H16BrFN2O. The Morgan fingerprint density at radius 1 is 1.35 bits per heavy atom. The Labute approximate surface area is 126 Å². The highest BCUT2D eigenvalue weighted by Crippen LogP contribution is 2.25. The maximum Gasteiger partial charge on any atom is 0.219 e. The largest absolute Gasteiger partial charge is 0.439 e. The monoisotopic (exact) mass is 338 g/mol. The van der Waals surface area contributed by atoms with Crippen LogP contribution in [-0.2, 0) is 0 Å². The Morgan fingerprint density at radius 3 is 2.75 bits per heavy atom. The molecule has 1 unspecified atom stereocenters. The molecule has 0 aliphatic heterocycles. The van der Waals surface area contributed by atoms with Crippen molar-refractivity contribution in [1.82, 2.24) is 10.3 Å². The third kappa shape index (κ3) is 3.77. The quantitative estimate of drug-likeness (QED) is 0.874. The zero-order valence-corrected chi connectivity index (χ0v) is 12.9. The zero-order chi connectivity index (χ0) is 14.5. The van der Waals surface area contributed by atoms with Gasteiger partial charge < -0.3 is 10.1 Å². The minimum absolute atomic E-state index is 0.242. The van der Waals surface area contributed by atoms with E-state index in [2.05, 4.69) is 40.1 Å². The fourth-order valence-corrected chi connectivity index (χ4v) is 2.04. The van der Waals surface area contributed by atoms with E-state index in [1.807, 2.05) is 6.07 Å². The van der Waals surface area contributed by atoms with Crippen LogP contribution >= 0.6 is 15.9 Å². The van der Waals surface area contributed by atoms with Crippen LogP contribution in [0.1, 0.15) is 25.5 Å². The lowest BCUT2D eigenvalue weighted by molar-refractivity contribution is 0.456. The number of nitrogens with one attached hydrogen (secondary N) is 1. The molecule has 5 heteroatoms. The van der Waals surface area contributed by atoms with Crippen molar-refractivity contribution in [3.05, 3.63) is 52.4 Å². The van der Waals surface area contributed by atoms with Crippen molar-refractivity contribution in [2.24, 2.45) is 0 Å². The Morgan fingerprint density at radius 2 is 2.15 bits per heavy atom. The fraction of sp³-hybridized carbons (Fsp3) is 0.267. The molecule has 0 fully saturated rings. The van der Waals surface area contributed by atoms with Crippen molar-refractivity contribution in [3.8, 4) is 11.6 Å². The predicted molar refractivity (Wildman–Crippen MR) is 80.5 cm³/mol. The molecule has 1 N–H and O–H groups in total. The van der Waals surface area contributed by atoms with Crippen LogP contribution in [0.5, 0.6) is 11.6 Å². The van der Waals surface area contributed by atoms with E-state index in [1.165, 1.54) is 6.07 Å². The summed E-state index contributed by atoms with van der Waals surface area (Å²) in [5.41, 5.74) is 1.08. The molecule has 3 nitrogen and oxygen atoms in total. The van der Waals surface area contributed by atoms with Crippen LogP contribution in [-0.4, -0.2) is 11.5 Å². The molecule has 0 radical (unpaired) electrons. The molecule has 1 atom stereocenters. The van der Waals surface area contributed by atoms with Crippen LogP contribution in [0, 0.1) is 5.82 Å². The summed E-state index contributed by atoms with van der Waals surface area (Å²) >= 11 is 3.10. The number of ether oxygens (including phenoxy) is 1. The van der Waals surface area contributed by atoms with Crippen LogP contribution in [0.3, 0.4) is 0 Å². The van der Waals surface area contributed by atoms with Gasteiger partial charge in [0.1, 0.15) is 11.6 Å². The normalized spacial score (nSPS) is 12.2. The summed E-state index contributed by atoms with van der Waals surface area (Å²) in [6, 6.07) is 8.58. The van der Waals surface area contributed by atoms with Gasteiger partial charge in [-0.05, 0) is 47.1 Å². The topological polar surface area (TPSA) is 34.1 Å². The van der Waals surface area contributed by atoms with Crippen LogP contribution in [0.15, 0.2) is 41.0 Å². The second kappa shape index (κ2) is 6.81. The van der Waals surface area contributed by atoms with Gasteiger partial charge in [-0.1, -0.05) is 13.0 Å². The molecule has 0 amide bonds. The van der Waals surface area contributed by atoms with Gasteiger partial charge in [0, 0.05) is 24.4 Å². The lowest BCUT2D eigenvalue weighted by Gasteiger charge is -2.12. The van der Waals surface area contributed by atoms with E-state index in [9.17, 15) is 4.39 Å². The van der Waals surface area contributed by atoms with E-state index in [-0.39, 0.29) is 11.9 Å². The summed E-state index contributed by atoms with van der Waals surface area (Å²) in [5, 5.41) is 3.31. The van der Waals surface area contributed by atoms with E-state index in [4.69, 9.17) is 4.74 Å². The molecule has 0 bridgehead atoms. The number of rotatable bonds is 5. The maximum absolute atomic E-state index is 13.4. The molecule has 2 rings (SSSR count). The Balaban J connectivity index is 2.08. The molecule has 0 saturated heterocycles. The lowest BCUT2D eigenvalue weighted by atomic mass is 10.1. The lowest BCUT2D eigenvalue weighted by Crippen LogP contribution is -2.17. The number of benzene rings is 1. The third-order valence-corrected chi connectivity index (χ3v) is 3.53. The first-order chi connectivity index (χ1) is 9.60. The van der Waals surface area contributed by atoms with E-state index < -0.39 is 0 Å². The molecule has 1 heterocycles. The first-order valence-electron chi connectivity index (χ1n) is 6.42. The summed E-state index contributed by atoms with van der Waals surface area (Å²) in [6.45, 7) is 5.03. The number of pyridine rings is 1. The highest BCUT2D eigenvalue weighted by molar-refractivity contribution is 9.10. The summed E-state index contributed by atoms with van der Waals surface area (Å²) < 4.78 is 19.3. The number of aromatic nitrogens is 1. The number of halogens is 2. The highest BCUT2D eigenvalue weighted by Gasteiger charge is 2.06. The van der Waals surface area contributed by atoms with Gasteiger partial charge in [0.2, 0.25) is 5.88 Å². The number of hydrogen-bond donors (Lipinski definition) is 1. The van der Waals surface area contributed by atoms with Crippen molar-refractivity contribution < 1.29 is 9.13 Å². The van der Waals surface area contributed by atoms with Crippen molar-refractivity contribution in [2.75, 3.05) is 6.54 Å². The summed E-state index contributed by atoms with van der Waals surface area (Å²) in [5.74, 6) is 0.504. The molecule has 0 aliphatic rings. The maximum atomic E-state index is 13.4. The Kier molecular flexibility index (Phi) is 5.09. The zero-order valence-electron chi connectivity index (χ0n) is 11.4. The molecule has 1 aromatic heterocycles. The van der Waals surface area contributed by atoms with E-state index in [0.29, 0.717) is 16.1 Å².